The highest BCUT2D eigenvalue weighted by molar-refractivity contribution is 5.51. The van der Waals surface area contributed by atoms with E-state index in [9.17, 15) is 0 Å². The second-order valence-corrected chi connectivity index (χ2v) is 6.74. The van der Waals surface area contributed by atoms with Gasteiger partial charge >= 0.3 is 0 Å². The van der Waals surface area contributed by atoms with Gasteiger partial charge in [0.1, 0.15) is 18.0 Å². The van der Waals surface area contributed by atoms with Crippen molar-refractivity contribution in [2.75, 3.05) is 44.0 Å². The van der Waals surface area contributed by atoms with Crippen molar-refractivity contribution in [1.82, 2.24) is 14.9 Å². The summed E-state index contributed by atoms with van der Waals surface area (Å²) in [7, 11) is 4.17. The van der Waals surface area contributed by atoms with Crippen molar-refractivity contribution in [3.63, 3.8) is 0 Å². The maximum Gasteiger partial charge on any atom is 0.134 e. The fourth-order valence-corrected chi connectivity index (χ4v) is 3.38. The quantitative estimate of drug-likeness (QED) is 0.806. The highest BCUT2D eigenvalue weighted by atomic mass is 16.3. The Balaban J connectivity index is 1.76. The number of nitrogens with one attached hydrogen (secondary N) is 1. The third-order valence-electron chi connectivity index (χ3n) is 4.48. The molecule has 0 amide bonds. The monoisotopic (exact) mass is 341 g/mol. The molecule has 6 nitrogen and oxygen atoms in total. The molecular weight excluding hydrogens is 314 g/mol. The molecule has 25 heavy (non-hydrogen) atoms. The zero-order valence-electron chi connectivity index (χ0n) is 15.0. The number of hydrogen-bond acceptors (Lipinski definition) is 6. The third-order valence-corrected chi connectivity index (χ3v) is 4.48. The Labute approximate surface area is 149 Å². The van der Waals surface area contributed by atoms with Crippen LogP contribution in [0.5, 0.6) is 0 Å². The van der Waals surface area contributed by atoms with E-state index in [4.69, 9.17) is 5.11 Å². The van der Waals surface area contributed by atoms with Gasteiger partial charge in [-0.25, -0.2) is 9.97 Å². The van der Waals surface area contributed by atoms with Gasteiger partial charge in [-0.15, -0.1) is 0 Å². The minimum Gasteiger partial charge on any atom is -0.395 e. The predicted octanol–water partition coefficient (Wildman–Crippen LogP) is 2.28. The first kappa shape index (κ1) is 17.6. The van der Waals surface area contributed by atoms with Crippen LogP contribution in [0.25, 0.3) is 0 Å². The second kappa shape index (κ2) is 8.27. The highest BCUT2D eigenvalue weighted by Crippen LogP contribution is 2.35. The first-order chi connectivity index (χ1) is 12.2. The summed E-state index contributed by atoms with van der Waals surface area (Å²) < 4.78 is 0. The lowest BCUT2D eigenvalue weighted by molar-refractivity contribution is 0.311. The molecule has 1 unspecified atom stereocenters. The third kappa shape index (κ3) is 4.46. The van der Waals surface area contributed by atoms with Gasteiger partial charge < -0.3 is 20.2 Å². The van der Waals surface area contributed by atoms with E-state index in [1.165, 1.54) is 11.1 Å². The maximum absolute atomic E-state index is 8.96. The van der Waals surface area contributed by atoms with Crippen molar-refractivity contribution in [3.05, 3.63) is 47.8 Å². The van der Waals surface area contributed by atoms with Crippen LogP contribution in [0, 0.1) is 0 Å². The van der Waals surface area contributed by atoms with Gasteiger partial charge in [-0.05, 0) is 38.1 Å². The molecule has 0 aliphatic carbocycles. The Kier molecular flexibility index (Phi) is 5.83. The maximum atomic E-state index is 8.96. The van der Waals surface area contributed by atoms with Gasteiger partial charge in [0.2, 0.25) is 0 Å². The van der Waals surface area contributed by atoms with E-state index in [1.807, 2.05) is 6.07 Å². The van der Waals surface area contributed by atoms with E-state index in [0.717, 1.165) is 37.6 Å². The average Bonchev–Trinajstić information content (AvgIpc) is 3.10. The summed E-state index contributed by atoms with van der Waals surface area (Å²) in [4.78, 5) is 13.2. The van der Waals surface area contributed by atoms with E-state index in [1.54, 1.807) is 6.33 Å². The fraction of sp³-hybridized carbons (Fsp3) is 0.474. The number of nitrogens with zero attached hydrogens (tertiary/aromatic N) is 4. The molecule has 3 rings (SSSR count). The van der Waals surface area contributed by atoms with E-state index < -0.39 is 0 Å². The van der Waals surface area contributed by atoms with E-state index >= 15 is 0 Å². The molecule has 1 aliphatic rings. The van der Waals surface area contributed by atoms with E-state index in [2.05, 4.69) is 63.4 Å². The van der Waals surface area contributed by atoms with Gasteiger partial charge in [0.05, 0.1) is 12.6 Å². The van der Waals surface area contributed by atoms with Crippen LogP contribution < -0.4 is 10.2 Å². The Morgan fingerprint density at radius 2 is 2.04 bits per heavy atom. The number of aliphatic hydroxyl groups excluding tert-OH is 1. The topological polar surface area (TPSA) is 64.5 Å². The summed E-state index contributed by atoms with van der Waals surface area (Å²) >= 11 is 0. The van der Waals surface area contributed by atoms with Crippen molar-refractivity contribution in [3.8, 4) is 0 Å². The molecule has 1 aliphatic heterocycles. The SMILES string of the molecule is CN(C)Cc1ccc(C2CCCN2c2cc(NCCO)ncn2)cc1. The van der Waals surface area contributed by atoms with E-state index in [-0.39, 0.29) is 6.61 Å². The highest BCUT2D eigenvalue weighted by Gasteiger charge is 2.27. The number of hydrogen-bond donors (Lipinski definition) is 2. The number of rotatable bonds is 7. The Bertz CT molecular complexity index is 674. The molecule has 0 saturated carbocycles. The summed E-state index contributed by atoms with van der Waals surface area (Å²) in [6.07, 6.45) is 3.88. The smallest absolute Gasteiger partial charge is 0.134 e. The Hall–Kier alpha value is -2.18. The van der Waals surface area contributed by atoms with Crippen molar-refractivity contribution in [2.24, 2.45) is 0 Å². The Morgan fingerprint density at radius 1 is 1.24 bits per heavy atom. The molecule has 134 valence electrons. The van der Waals surface area contributed by atoms with Crippen molar-refractivity contribution < 1.29 is 5.11 Å². The van der Waals surface area contributed by atoms with Crippen LogP contribution in [-0.4, -0.2) is 53.8 Å². The summed E-state index contributed by atoms with van der Waals surface area (Å²) in [6, 6.07) is 11.3. The van der Waals surface area contributed by atoms with Gasteiger partial charge in [-0.1, -0.05) is 24.3 Å². The molecular formula is C19H27N5O. The zero-order valence-corrected chi connectivity index (χ0v) is 15.0. The number of aromatic nitrogens is 2. The normalized spacial score (nSPS) is 17.3. The van der Waals surface area contributed by atoms with Crippen molar-refractivity contribution in [1.29, 1.82) is 0 Å². The first-order valence-electron chi connectivity index (χ1n) is 8.84. The van der Waals surface area contributed by atoms with Crippen LogP contribution in [0.4, 0.5) is 11.6 Å². The summed E-state index contributed by atoms with van der Waals surface area (Å²) in [5.74, 6) is 1.70. The van der Waals surface area contributed by atoms with Gasteiger partial charge in [-0.2, -0.15) is 0 Å². The van der Waals surface area contributed by atoms with Gasteiger partial charge in [-0.3, -0.25) is 0 Å². The number of aliphatic hydroxyl groups is 1. The lowest BCUT2D eigenvalue weighted by Gasteiger charge is -2.26. The average molecular weight is 341 g/mol. The van der Waals surface area contributed by atoms with Crippen LogP contribution in [0.15, 0.2) is 36.7 Å². The molecule has 1 aromatic heterocycles. The fourth-order valence-electron chi connectivity index (χ4n) is 3.38. The molecule has 0 bridgehead atoms. The zero-order chi connectivity index (χ0) is 17.6. The molecule has 1 fully saturated rings. The molecule has 0 spiro atoms. The molecule has 1 saturated heterocycles. The standard InChI is InChI=1S/C19H27N5O/c1-23(2)13-15-5-7-16(8-6-15)17-4-3-10-24(17)19-12-18(20-9-11-25)21-14-22-19/h5-8,12,14,17,25H,3-4,9-11,13H2,1-2H3,(H,20,21,22). The number of anilines is 2. The van der Waals surface area contributed by atoms with Crippen LogP contribution in [0.3, 0.4) is 0 Å². The van der Waals surface area contributed by atoms with Gasteiger partial charge in [0, 0.05) is 25.7 Å². The van der Waals surface area contributed by atoms with Crippen LogP contribution >= 0.6 is 0 Å². The van der Waals surface area contributed by atoms with Crippen LogP contribution in [-0.2, 0) is 6.54 Å². The molecule has 1 aromatic carbocycles. The van der Waals surface area contributed by atoms with Crippen molar-refractivity contribution >= 4 is 11.6 Å². The first-order valence-corrected chi connectivity index (χ1v) is 8.84. The summed E-state index contributed by atoms with van der Waals surface area (Å²) in [5, 5.41) is 12.1. The van der Waals surface area contributed by atoms with Gasteiger partial charge in [0.15, 0.2) is 0 Å². The molecule has 2 heterocycles. The number of benzene rings is 1. The van der Waals surface area contributed by atoms with E-state index in [0.29, 0.717) is 12.6 Å². The minimum atomic E-state index is 0.0883. The largest absolute Gasteiger partial charge is 0.395 e. The summed E-state index contributed by atoms with van der Waals surface area (Å²) in [5.41, 5.74) is 2.67. The van der Waals surface area contributed by atoms with Crippen LogP contribution in [0.2, 0.25) is 0 Å². The molecule has 2 aromatic rings. The molecule has 1 atom stereocenters. The van der Waals surface area contributed by atoms with Crippen LogP contribution in [0.1, 0.15) is 30.0 Å². The lowest BCUT2D eigenvalue weighted by Crippen LogP contribution is -2.24. The predicted molar refractivity (Wildman–Crippen MR) is 101 cm³/mol. The molecule has 0 radical (unpaired) electrons. The molecule has 6 heteroatoms. The molecule has 2 N–H and O–H groups in total. The second-order valence-electron chi connectivity index (χ2n) is 6.74. The van der Waals surface area contributed by atoms with Crippen molar-refractivity contribution in [2.45, 2.75) is 25.4 Å². The lowest BCUT2D eigenvalue weighted by atomic mass is 10.0. The summed E-state index contributed by atoms with van der Waals surface area (Å²) in [6.45, 7) is 2.54. The Morgan fingerprint density at radius 3 is 2.76 bits per heavy atom. The van der Waals surface area contributed by atoms with Gasteiger partial charge in [0.25, 0.3) is 0 Å². The minimum absolute atomic E-state index is 0.0883.